The molecule has 144 valence electrons. The number of halogens is 3. The minimum absolute atomic E-state index is 0.0172. The van der Waals surface area contributed by atoms with Crippen LogP contribution in [0.2, 0.25) is 0 Å². The van der Waals surface area contributed by atoms with E-state index in [4.69, 9.17) is 0 Å². The van der Waals surface area contributed by atoms with Crippen LogP contribution in [-0.2, 0) is 4.79 Å². The standard InChI is InChI=1S/C17H24F3N5O/c1-16(2)10-25(5-4-12(16)17(18,19)20)14-8-13(21-11-22-14)24-7-6-23(3)15(26)9-24/h8,11-12H,4-7,9-10H2,1-3H3. The number of amides is 1. The zero-order chi connectivity index (χ0) is 19.1. The molecule has 26 heavy (non-hydrogen) atoms. The maximum atomic E-state index is 13.3. The molecule has 0 spiro atoms. The van der Waals surface area contributed by atoms with Crippen molar-refractivity contribution < 1.29 is 18.0 Å². The summed E-state index contributed by atoms with van der Waals surface area (Å²) < 4.78 is 39.8. The lowest BCUT2D eigenvalue weighted by molar-refractivity contribution is -0.206. The average molecular weight is 371 g/mol. The van der Waals surface area contributed by atoms with Gasteiger partial charge in [-0.1, -0.05) is 13.8 Å². The molecular weight excluding hydrogens is 347 g/mol. The fourth-order valence-electron chi connectivity index (χ4n) is 3.80. The first kappa shape index (κ1) is 18.7. The number of piperidine rings is 1. The van der Waals surface area contributed by atoms with Crippen molar-refractivity contribution in [3.8, 4) is 0 Å². The highest BCUT2D eigenvalue weighted by Crippen LogP contribution is 2.45. The van der Waals surface area contributed by atoms with E-state index in [-0.39, 0.29) is 25.4 Å². The van der Waals surface area contributed by atoms with Gasteiger partial charge in [0.05, 0.1) is 12.5 Å². The lowest BCUT2D eigenvalue weighted by atomic mass is 9.73. The van der Waals surface area contributed by atoms with Gasteiger partial charge in [0.2, 0.25) is 5.91 Å². The van der Waals surface area contributed by atoms with Crippen molar-refractivity contribution in [2.75, 3.05) is 49.6 Å². The van der Waals surface area contributed by atoms with Crippen LogP contribution in [0.4, 0.5) is 24.8 Å². The molecule has 2 aliphatic heterocycles. The monoisotopic (exact) mass is 371 g/mol. The molecule has 3 heterocycles. The third-order valence-electron chi connectivity index (χ3n) is 5.37. The second kappa shape index (κ2) is 6.59. The maximum absolute atomic E-state index is 13.3. The Labute approximate surface area is 151 Å². The van der Waals surface area contributed by atoms with Crippen molar-refractivity contribution in [1.29, 1.82) is 0 Å². The number of hydrogen-bond donors (Lipinski definition) is 0. The fraction of sp³-hybridized carbons (Fsp3) is 0.706. The Hall–Kier alpha value is -2.06. The van der Waals surface area contributed by atoms with E-state index in [0.717, 1.165) is 0 Å². The Kier molecular flexibility index (Phi) is 4.74. The van der Waals surface area contributed by atoms with E-state index in [9.17, 15) is 18.0 Å². The summed E-state index contributed by atoms with van der Waals surface area (Å²) in [6.45, 7) is 5.40. The van der Waals surface area contributed by atoms with Gasteiger partial charge < -0.3 is 14.7 Å². The van der Waals surface area contributed by atoms with Gasteiger partial charge in [0.15, 0.2) is 0 Å². The summed E-state index contributed by atoms with van der Waals surface area (Å²) in [5.41, 5.74) is -0.897. The van der Waals surface area contributed by atoms with Crippen LogP contribution >= 0.6 is 0 Å². The Morgan fingerprint density at radius 1 is 1.12 bits per heavy atom. The molecule has 0 N–H and O–H groups in total. The molecule has 0 aromatic carbocycles. The first-order valence-corrected chi connectivity index (χ1v) is 8.70. The molecule has 0 saturated carbocycles. The van der Waals surface area contributed by atoms with E-state index in [0.29, 0.717) is 31.3 Å². The maximum Gasteiger partial charge on any atom is 0.392 e. The topological polar surface area (TPSA) is 52.6 Å². The number of rotatable bonds is 2. The van der Waals surface area contributed by atoms with Crippen molar-refractivity contribution in [2.24, 2.45) is 11.3 Å². The highest BCUT2D eigenvalue weighted by atomic mass is 19.4. The first-order valence-electron chi connectivity index (χ1n) is 8.70. The largest absolute Gasteiger partial charge is 0.392 e. The summed E-state index contributed by atoms with van der Waals surface area (Å²) >= 11 is 0. The third-order valence-corrected chi connectivity index (χ3v) is 5.37. The van der Waals surface area contributed by atoms with Crippen molar-refractivity contribution in [1.82, 2.24) is 14.9 Å². The van der Waals surface area contributed by atoms with Gasteiger partial charge in [-0.2, -0.15) is 13.2 Å². The van der Waals surface area contributed by atoms with Crippen LogP contribution in [0.5, 0.6) is 0 Å². The molecule has 0 bridgehead atoms. The summed E-state index contributed by atoms with van der Waals surface area (Å²) in [7, 11) is 1.76. The summed E-state index contributed by atoms with van der Waals surface area (Å²) in [6, 6.07) is 1.77. The molecule has 0 aliphatic carbocycles. The normalized spacial score (nSPS) is 24.2. The molecule has 2 saturated heterocycles. The first-order chi connectivity index (χ1) is 12.1. The van der Waals surface area contributed by atoms with Crippen LogP contribution in [0, 0.1) is 11.3 Å². The summed E-state index contributed by atoms with van der Waals surface area (Å²) in [4.78, 5) is 25.8. The molecule has 9 heteroatoms. The lowest BCUT2D eigenvalue weighted by Crippen LogP contribution is -2.51. The minimum Gasteiger partial charge on any atom is -0.356 e. The summed E-state index contributed by atoms with van der Waals surface area (Å²) in [6.07, 6.45) is -2.73. The highest BCUT2D eigenvalue weighted by molar-refractivity contribution is 5.82. The zero-order valence-corrected chi connectivity index (χ0v) is 15.3. The molecule has 1 aromatic rings. The Bertz CT molecular complexity index is 679. The van der Waals surface area contributed by atoms with Crippen LogP contribution in [0.3, 0.4) is 0 Å². The minimum atomic E-state index is -4.19. The molecule has 1 atom stereocenters. The van der Waals surface area contributed by atoms with E-state index >= 15 is 0 Å². The lowest BCUT2D eigenvalue weighted by Gasteiger charge is -2.45. The molecular formula is C17H24F3N5O. The number of piperazine rings is 1. The van der Waals surface area contributed by atoms with E-state index in [2.05, 4.69) is 9.97 Å². The molecule has 2 aliphatic rings. The molecule has 3 rings (SSSR count). The third kappa shape index (κ3) is 3.71. The number of alkyl halides is 3. The van der Waals surface area contributed by atoms with Gasteiger partial charge >= 0.3 is 6.18 Å². The SMILES string of the molecule is CN1CCN(c2cc(N3CCC(C(F)(F)F)C(C)(C)C3)ncn2)CC1=O. The van der Waals surface area contributed by atoms with Gasteiger partial charge in [0.25, 0.3) is 0 Å². The number of likely N-dealkylation sites (N-methyl/N-ethyl adjacent to an activating group) is 1. The predicted molar refractivity (Wildman–Crippen MR) is 92.0 cm³/mol. The van der Waals surface area contributed by atoms with E-state index in [1.165, 1.54) is 6.33 Å². The number of anilines is 2. The Morgan fingerprint density at radius 2 is 1.77 bits per heavy atom. The average Bonchev–Trinajstić information content (AvgIpc) is 2.55. The molecule has 1 unspecified atom stereocenters. The summed E-state index contributed by atoms with van der Waals surface area (Å²) in [5, 5.41) is 0. The Balaban J connectivity index is 1.76. The van der Waals surface area contributed by atoms with Gasteiger partial charge in [0.1, 0.15) is 18.0 Å². The molecule has 6 nitrogen and oxygen atoms in total. The van der Waals surface area contributed by atoms with E-state index < -0.39 is 17.5 Å². The number of hydrogen-bond acceptors (Lipinski definition) is 5. The summed E-state index contributed by atoms with van der Waals surface area (Å²) in [5.74, 6) is -0.0615. The van der Waals surface area contributed by atoms with Crippen LogP contribution in [0.25, 0.3) is 0 Å². The van der Waals surface area contributed by atoms with Crippen LogP contribution in [0.15, 0.2) is 12.4 Å². The Morgan fingerprint density at radius 3 is 2.35 bits per heavy atom. The van der Waals surface area contributed by atoms with E-state index in [1.54, 1.807) is 31.9 Å². The van der Waals surface area contributed by atoms with E-state index in [1.807, 2.05) is 9.80 Å². The predicted octanol–water partition coefficient (Wildman–Crippen LogP) is 2.17. The molecule has 0 radical (unpaired) electrons. The van der Waals surface area contributed by atoms with Crippen LogP contribution < -0.4 is 9.80 Å². The van der Waals surface area contributed by atoms with Crippen LogP contribution in [-0.4, -0.2) is 66.7 Å². The fourth-order valence-corrected chi connectivity index (χ4v) is 3.80. The van der Waals surface area contributed by atoms with Gasteiger partial charge in [-0.15, -0.1) is 0 Å². The number of carbonyl (C=O) groups excluding carboxylic acids is 1. The molecule has 2 fully saturated rings. The van der Waals surface area contributed by atoms with Gasteiger partial charge in [-0.25, -0.2) is 9.97 Å². The van der Waals surface area contributed by atoms with Gasteiger partial charge in [-0.3, -0.25) is 4.79 Å². The van der Waals surface area contributed by atoms with Gasteiger partial charge in [-0.05, 0) is 11.8 Å². The van der Waals surface area contributed by atoms with Crippen molar-refractivity contribution in [3.05, 3.63) is 12.4 Å². The van der Waals surface area contributed by atoms with Gasteiger partial charge in [0, 0.05) is 39.3 Å². The number of nitrogens with zero attached hydrogens (tertiary/aromatic N) is 5. The van der Waals surface area contributed by atoms with Crippen molar-refractivity contribution in [3.63, 3.8) is 0 Å². The second-order valence-corrected chi connectivity index (χ2v) is 7.76. The van der Waals surface area contributed by atoms with Crippen molar-refractivity contribution >= 4 is 17.5 Å². The second-order valence-electron chi connectivity index (χ2n) is 7.76. The molecule has 1 amide bonds. The quantitative estimate of drug-likeness (QED) is 0.798. The smallest absolute Gasteiger partial charge is 0.356 e. The zero-order valence-electron chi connectivity index (χ0n) is 15.3. The molecule has 1 aromatic heterocycles. The number of aromatic nitrogens is 2. The van der Waals surface area contributed by atoms with Crippen LogP contribution in [0.1, 0.15) is 20.3 Å². The number of carbonyl (C=O) groups is 1. The highest BCUT2D eigenvalue weighted by Gasteiger charge is 2.51. The van der Waals surface area contributed by atoms with Crippen molar-refractivity contribution in [2.45, 2.75) is 26.4 Å².